The van der Waals surface area contributed by atoms with Crippen molar-refractivity contribution in [1.82, 2.24) is 10.2 Å². The van der Waals surface area contributed by atoms with Crippen molar-refractivity contribution in [2.24, 2.45) is 17.3 Å². The van der Waals surface area contributed by atoms with Crippen molar-refractivity contribution >= 4 is 0 Å². The zero-order chi connectivity index (χ0) is 15.0. The third-order valence-electron chi connectivity index (χ3n) is 6.89. The predicted octanol–water partition coefficient (Wildman–Crippen LogP) is 4.05. The maximum atomic E-state index is 3.66. The fourth-order valence-corrected chi connectivity index (χ4v) is 5.49. The molecule has 1 aliphatic heterocycles. The normalized spacial score (nSPS) is 42.0. The van der Waals surface area contributed by atoms with Crippen molar-refractivity contribution in [3.63, 3.8) is 0 Å². The molecule has 0 spiro atoms. The average molecular weight is 293 g/mol. The predicted molar refractivity (Wildman–Crippen MR) is 90.5 cm³/mol. The van der Waals surface area contributed by atoms with E-state index in [1.165, 1.54) is 57.9 Å². The van der Waals surface area contributed by atoms with E-state index in [0.29, 0.717) is 5.41 Å². The fourth-order valence-electron chi connectivity index (χ4n) is 5.49. The highest BCUT2D eigenvalue weighted by molar-refractivity contribution is 5.00. The summed E-state index contributed by atoms with van der Waals surface area (Å²) in [5, 5.41) is 3.66. The number of hydrogen-bond acceptors (Lipinski definition) is 2. The molecule has 3 fully saturated rings. The Bertz CT molecular complexity index is 346. The Labute approximate surface area is 132 Å². The quantitative estimate of drug-likeness (QED) is 0.826. The van der Waals surface area contributed by atoms with E-state index in [1.54, 1.807) is 0 Å². The summed E-state index contributed by atoms with van der Waals surface area (Å²) in [6.45, 7) is 8.71. The molecule has 1 N–H and O–H groups in total. The number of rotatable bonds is 2. The van der Waals surface area contributed by atoms with Gasteiger partial charge in [0.15, 0.2) is 0 Å². The molecular weight excluding hydrogens is 256 g/mol. The Balaban J connectivity index is 1.74. The van der Waals surface area contributed by atoms with E-state index in [4.69, 9.17) is 0 Å². The second kappa shape index (κ2) is 6.20. The van der Waals surface area contributed by atoms with Crippen LogP contribution >= 0.6 is 0 Å². The van der Waals surface area contributed by atoms with Gasteiger partial charge >= 0.3 is 0 Å². The van der Waals surface area contributed by atoms with E-state index in [0.717, 1.165) is 30.0 Å². The lowest BCUT2D eigenvalue weighted by atomic mass is 9.69. The minimum atomic E-state index is 0.475. The second-order valence-corrected chi connectivity index (χ2v) is 8.98. The molecule has 2 saturated carbocycles. The third-order valence-corrected chi connectivity index (χ3v) is 6.89. The van der Waals surface area contributed by atoms with E-state index in [-0.39, 0.29) is 0 Å². The lowest BCUT2D eigenvalue weighted by Crippen LogP contribution is -2.55. The molecule has 21 heavy (non-hydrogen) atoms. The van der Waals surface area contributed by atoms with Crippen LogP contribution < -0.4 is 5.32 Å². The van der Waals surface area contributed by atoms with E-state index in [1.807, 2.05) is 0 Å². The minimum absolute atomic E-state index is 0.475. The number of likely N-dealkylation sites (tertiary alicyclic amines) is 1. The molecule has 5 unspecified atom stereocenters. The lowest BCUT2D eigenvalue weighted by molar-refractivity contribution is 0.0394. The molecule has 1 saturated heterocycles. The Morgan fingerprint density at radius 1 is 0.905 bits per heavy atom. The number of fused-ring (bicyclic) bond motifs is 1. The van der Waals surface area contributed by atoms with Crippen LogP contribution in [0.2, 0.25) is 0 Å². The van der Waals surface area contributed by atoms with Crippen LogP contribution in [0.4, 0.5) is 0 Å². The molecule has 2 nitrogen and oxygen atoms in total. The molecule has 0 aromatic rings. The maximum absolute atomic E-state index is 3.66. The Hall–Kier alpha value is -0.0800. The molecule has 0 aromatic heterocycles. The van der Waals surface area contributed by atoms with Gasteiger partial charge in [0, 0.05) is 18.1 Å². The number of nitrogens with zero attached hydrogens (tertiary/aromatic N) is 1. The van der Waals surface area contributed by atoms with Gasteiger partial charge in [-0.3, -0.25) is 4.90 Å². The van der Waals surface area contributed by atoms with Crippen molar-refractivity contribution in [3.05, 3.63) is 0 Å². The van der Waals surface area contributed by atoms with E-state index in [9.17, 15) is 0 Å². The summed E-state index contributed by atoms with van der Waals surface area (Å²) in [7, 11) is 2.18. The maximum Gasteiger partial charge on any atom is 0.0255 e. The fraction of sp³-hybridized carbons (Fsp3) is 1.00. The van der Waals surface area contributed by atoms with E-state index >= 15 is 0 Å². The van der Waals surface area contributed by atoms with Gasteiger partial charge in [0.25, 0.3) is 0 Å². The molecule has 1 heterocycles. The molecule has 3 aliphatic rings. The van der Waals surface area contributed by atoms with Crippen LogP contribution in [0.3, 0.4) is 0 Å². The third kappa shape index (κ3) is 3.17. The summed E-state index contributed by atoms with van der Waals surface area (Å²) in [5.74, 6) is 1.92. The van der Waals surface area contributed by atoms with Crippen molar-refractivity contribution < 1.29 is 0 Å². The van der Waals surface area contributed by atoms with Crippen molar-refractivity contribution in [2.75, 3.05) is 13.6 Å². The molecule has 2 aliphatic carbocycles. The average Bonchev–Trinajstić information content (AvgIpc) is 2.89. The van der Waals surface area contributed by atoms with E-state index in [2.05, 4.69) is 38.0 Å². The second-order valence-electron chi connectivity index (χ2n) is 8.98. The van der Waals surface area contributed by atoms with Crippen LogP contribution in [0.25, 0.3) is 0 Å². The first kappa shape index (κ1) is 15.8. The van der Waals surface area contributed by atoms with Gasteiger partial charge in [0.2, 0.25) is 0 Å². The van der Waals surface area contributed by atoms with Crippen LogP contribution in [0.5, 0.6) is 0 Å². The van der Waals surface area contributed by atoms with Gasteiger partial charge in [-0.05, 0) is 69.4 Å². The topological polar surface area (TPSA) is 15.3 Å². The van der Waals surface area contributed by atoms with Crippen LogP contribution in [-0.4, -0.2) is 36.6 Å². The standard InChI is InChI=1S/C19H36N2/c1-19(2,3)15-9-10-16(20-4)18(13-15)21-12-11-14-7-5-6-8-17(14)21/h14-18,20H,5-13H2,1-4H3. The molecule has 5 atom stereocenters. The van der Waals surface area contributed by atoms with Crippen LogP contribution in [0, 0.1) is 17.3 Å². The summed E-state index contributed by atoms with van der Waals surface area (Å²) in [6, 6.07) is 2.43. The summed E-state index contributed by atoms with van der Waals surface area (Å²) >= 11 is 0. The number of likely N-dealkylation sites (N-methyl/N-ethyl adjacent to an activating group) is 1. The highest BCUT2D eigenvalue weighted by Gasteiger charge is 2.44. The smallest absolute Gasteiger partial charge is 0.0255 e. The summed E-state index contributed by atoms with van der Waals surface area (Å²) in [6.07, 6.45) is 11.6. The van der Waals surface area contributed by atoms with Crippen LogP contribution in [-0.2, 0) is 0 Å². The first-order chi connectivity index (χ1) is 10.0. The summed E-state index contributed by atoms with van der Waals surface area (Å²) < 4.78 is 0. The zero-order valence-electron chi connectivity index (χ0n) is 14.7. The highest BCUT2D eigenvalue weighted by Crippen LogP contribution is 2.44. The van der Waals surface area contributed by atoms with Gasteiger partial charge in [-0.2, -0.15) is 0 Å². The van der Waals surface area contributed by atoms with Gasteiger partial charge in [-0.25, -0.2) is 0 Å². The molecule has 0 aromatic carbocycles. The molecule has 2 heteroatoms. The molecule has 3 rings (SSSR count). The van der Waals surface area contributed by atoms with Crippen LogP contribution in [0.15, 0.2) is 0 Å². The molecule has 0 amide bonds. The van der Waals surface area contributed by atoms with Crippen LogP contribution in [0.1, 0.15) is 72.1 Å². The van der Waals surface area contributed by atoms with E-state index < -0.39 is 0 Å². The highest BCUT2D eigenvalue weighted by atomic mass is 15.2. The van der Waals surface area contributed by atoms with Crippen molar-refractivity contribution in [1.29, 1.82) is 0 Å². The molecular formula is C19H36N2. The zero-order valence-corrected chi connectivity index (χ0v) is 14.7. The largest absolute Gasteiger partial charge is 0.315 e. The van der Waals surface area contributed by atoms with Crippen molar-refractivity contribution in [2.45, 2.75) is 90.3 Å². The number of nitrogens with one attached hydrogen (secondary N) is 1. The first-order valence-corrected chi connectivity index (χ1v) is 9.43. The SMILES string of the molecule is CNC1CCC(C(C)(C)C)CC1N1CCC2CCCCC21. The molecule has 122 valence electrons. The minimum Gasteiger partial charge on any atom is -0.315 e. The van der Waals surface area contributed by atoms with Crippen molar-refractivity contribution in [3.8, 4) is 0 Å². The monoisotopic (exact) mass is 292 g/mol. The van der Waals surface area contributed by atoms with Gasteiger partial charge in [0.1, 0.15) is 0 Å². The Morgan fingerprint density at radius 2 is 1.67 bits per heavy atom. The molecule has 0 bridgehead atoms. The van der Waals surface area contributed by atoms with Gasteiger partial charge < -0.3 is 5.32 Å². The first-order valence-electron chi connectivity index (χ1n) is 9.43. The summed E-state index contributed by atoms with van der Waals surface area (Å²) in [5.41, 5.74) is 0.475. The summed E-state index contributed by atoms with van der Waals surface area (Å²) in [4.78, 5) is 2.95. The lowest BCUT2D eigenvalue weighted by Gasteiger charge is -2.47. The molecule has 0 radical (unpaired) electrons. The Morgan fingerprint density at radius 3 is 2.38 bits per heavy atom. The Kier molecular flexibility index (Phi) is 4.66. The van der Waals surface area contributed by atoms with Gasteiger partial charge in [0.05, 0.1) is 0 Å². The van der Waals surface area contributed by atoms with Gasteiger partial charge in [-0.1, -0.05) is 33.6 Å². The van der Waals surface area contributed by atoms with Gasteiger partial charge in [-0.15, -0.1) is 0 Å². The number of hydrogen-bond donors (Lipinski definition) is 1.